The number of ether oxygens (including phenoxy) is 1. The van der Waals surface area contributed by atoms with Crippen LogP contribution < -0.4 is 4.74 Å². The molecule has 3 aromatic rings. The molecule has 5 heteroatoms. The Hall–Kier alpha value is -2.27. The quantitative estimate of drug-likeness (QED) is 0.535. The molecule has 0 aliphatic carbocycles. The first kappa shape index (κ1) is 13.7. The number of rotatable bonds is 5. The third kappa shape index (κ3) is 2.92. The summed E-state index contributed by atoms with van der Waals surface area (Å²) in [6.45, 7) is 0. The highest BCUT2D eigenvalue weighted by Gasteiger charge is 2.10. The van der Waals surface area contributed by atoms with Crippen molar-refractivity contribution in [3.63, 3.8) is 0 Å². The summed E-state index contributed by atoms with van der Waals surface area (Å²) in [5.74, 6) is 1.10. The molecule has 4 nitrogen and oxygen atoms in total. The van der Waals surface area contributed by atoms with Gasteiger partial charge < -0.3 is 4.74 Å². The minimum atomic E-state index is 0.0616. The zero-order chi connectivity index (χ0) is 14.7. The molecule has 2 aromatic heterocycles. The predicted molar refractivity (Wildman–Crippen MR) is 83.2 cm³/mol. The van der Waals surface area contributed by atoms with Crippen LogP contribution in [0.15, 0.2) is 60.0 Å². The van der Waals surface area contributed by atoms with Gasteiger partial charge in [-0.15, -0.1) is 0 Å². The van der Waals surface area contributed by atoms with Crippen molar-refractivity contribution >= 4 is 23.1 Å². The first-order valence-electron chi connectivity index (χ1n) is 6.50. The number of thioether (sulfide) groups is 1. The van der Waals surface area contributed by atoms with E-state index < -0.39 is 0 Å². The minimum Gasteiger partial charge on any atom is -0.497 e. The molecule has 0 aliphatic heterocycles. The summed E-state index contributed by atoms with van der Waals surface area (Å²) < 4.78 is 7.11. The molecule has 0 saturated carbocycles. The average Bonchev–Trinajstić information content (AvgIpc) is 2.96. The number of pyridine rings is 1. The Morgan fingerprint density at radius 2 is 2.19 bits per heavy atom. The second-order valence-corrected chi connectivity index (χ2v) is 5.42. The van der Waals surface area contributed by atoms with Gasteiger partial charge in [-0.2, -0.15) is 0 Å². The van der Waals surface area contributed by atoms with Crippen molar-refractivity contribution in [1.29, 1.82) is 0 Å². The summed E-state index contributed by atoms with van der Waals surface area (Å²) in [6, 6.07) is 13.1. The molecule has 0 N–H and O–H groups in total. The molecule has 0 atom stereocenters. The van der Waals surface area contributed by atoms with Gasteiger partial charge in [-0.05, 0) is 24.3 Å². The number of fused-ring (bicyclic) bond motifs is 1. The van der Waals surface area contributed by atoms with E-state index in [2.05, 4.69) is 4.98 Å². The van der Waals surface area contributed by atoms with Gasteiger partial charge in [-0.3, -0.25) is 9.20 Å². The van der Waals surface area contributed by atoms with Crippen LogP contribution in [0.4, 0.5) is 0 Å². The number of carbonyl (C=O) groups excluding carboxylic acids is 1. The summed E-state index contributed by atoms with van der Waals surface area (Å²) >= 11 is 1.43. The molecule has 0 amide bonds. The normalized spacial score (nSPS) is 10.7. The Morgan fingerprint density at radius 3 is 3.05 bits per heavy atom. The van der Waals surface area contributed by atoms with E-state index in [1.807, 2.05) is 40.9 Å². The Bertz CT molecular complexity index is 783. The highest BCUT2D eigenvalue weighted by molar-refractivity contribution is 7.99. The van der Waals surface area contributed by atoms with Gasteiger partial charge in [-0.25, -0.2) is 4.98 Å². The van der Waals surface area contributed by atoms with Gasteiger partial charge in [0.05, 0.1) is 24.6 Å². The second-order valence-electron chi connectivity index (χ2n) is 4.48. The van der Waals surface area contributed by atoms with E-state index in [1.165, 1.54) is 11.8 Å². The van der Waals surface area contributed by atoms with Crippen LogP contribution in [0.1, 0.15) is 10.4 Å². The van der Waals surface area contributed by atoms with Crippen LogP contribution in [0, 0.1) is 0 Å². The topological polar surface area (TPSA) is 43.6 Å². The van der Waals surface area contributed by atoms with Crippen LogP contribution in [0.3, 0.4) is 0 Å². The lowest BCUT2D eigenvalue weighted by molar-refractivity contribution is 0.102. The number of aromatic nitrogens is 2. The summed E-state index contributed by atoms with van der Waals surface area (Å²) in [5, 5.41) is 0.821. The van der Waals surface area contributed by atoms with Crippen molar-refractivity contribution in [3.8, 4) is 5.75 Å². The van der Waals surface area contributed by atoms with Crippen LogP contribution >= 0.6 is 11.8 Å². The highest BCUT2D eigenvalue weighted by atomic mass is 32.2. The van der Waals surface area contributed by atoms with Crippen LogP contribution in [0.5, 0.6) is 5.75 Å². The van der Waals surface area contributed by atoms with E-state index in [9.17, 15) is 4.79 Å². The fraction of sp³-hybridized carbons (Fsp3) is 0.125. The fourth-order valence-electron chi connectivity index (χ4n) is 2.04. The molecular formula is C16H14N2O2S. The van der Waals surface area contributed by atoms with Crippen molar-refractivity contribution in [2.45, 2.75) is 5.16 Å². The maximum absolute atomic E-state index is 12.2. The second kappa shape index (κ2) is 6.01. The summed E-state index contributed by atoms with van der Waals surface area (Å²) in [6.07, 6.45) is 3.75. The molecule has 106 valence electrons. The minimum absolute atomic E-state index is 0.0616. The Labute approximate surface area is 126 Å². The van der Waals surface area contributed by atoms with Crippen molar-refractivity contribution < 1.29 is 9.53 Å². The third-order valence-corrected chi connectivity index (χ3v) is 4.10. The molecule has 0 bridgehead atoms. The van der Waals surface area contributed by atoms with Gasteiger partial charge in [0.15, 0.2) is 10.9 Å². The van der Waals surface area contributed by atoms with Gasteiger partial charge >= 0.3 is 0 Å². The molecule has 0 saturated heterocycles. The van der Waals surface area contributed by atoms with Gasteiger partial charge in [0, 0.05) is 11.8 Å². The number of hydrogen-bond donors (Lipinski definition) is 0. The van der Waals surface area contributed by atoms with Crippen molar-refractivity contribution in [3.05, 3.63) is 60.4 Å². The monoisotopic (exact) mass is 298 g/mol. The van der Waals surface area contributed by atoms with Crippen molar-refractivity contribution in [1.82, 2.24) is 9.38 Å². The zero-order valence-corrected chi connectivity index (χ0v) is 12.3. The number of imidazole rings is 1. The van der Waals surface area contributed by atoms with Gasteiger partial charge in [-0.1, -0.05) is 30.0 Å². The molecule has 0 spiro atoms. The first-order chi connectivity index (χ1) is 10.3. The largest absolute Gasteiger partial charge is 0.497 e. The number of hydrogen-bond acceptors (Lipinski definition) is 4. The summed E-state index contributed by atoms with van der Waals surface area (Å²) in [4.78, 5) is 16.6. The maximum atomic E-state index is 12.2. The molecule has 21 heavy (non-hydrogen) atoms. The predicted octanol–water partition coefficient (Wildman–Crippen LogP) is 3.32. The van der Waals surface area contributed by atoms with Crippen LogP contribution in [0.2, 0.25) is 0 Å². The smallest absolute Gasteiger partial charge is 0.173 e. The molecule has 0 radical (unpaired) electrons. The lowest BCUT2D eigenvalue weighted by atomic mass is 10.1. The third-order valence-electron chi connectivity index (χ3n) is 3.13. The van der Waals surface area contributed by atoms with E-state index in [4.69, 9.17) is 4.74 Å². The molecular weight excluding hydrogens is 284 g/mol. The highest BCUT2D eigenvalue weighted by Crippen LogP contribution is 2.20. The lowest BCUT2D eigenvalue weighted by Gasteiger charge is -2.04. The number of Topliss-reactive ketones (excluding diaryl/α,β-unsaturated/α-hetero) is 1. The molecule has 1 aromatic carbocycles. The first-order valence-corrected chi connectivity index (χ1v) is 7.48. The van der Waals surface area contributed by atoms with Gasteiger partial charge in [0.2, 0.25) is 0 Å². The Kier molecular flexibility index (Phi) is 3.92. The van der Waals surface area contributed by atoms with E-state index in [0.717, 1.165) is 10.7 Å². The van der Waals surface area contributed by atoms with Crippen LogP contribution in [-0.4, -0.2) is 28.0 Å². The van der Waals surface area contributed by atoms with E-state index in [-0.39, 0.29) is 5.78 Å². The number of carbonyl (C=O) groups is 1. The SMILES string of the molecule is COc1cccc(C(=O)CSc2ncc3ccccn23)c1. The van der Waals surface area contributed by atoms with Crippen LogP contribution in [0.25, 0.3) is 5.52 Å². The van der Waals surface area contributed by atoms with Crippen molar-refractivity contribution in [2.75, 3.05) is 12.9 Å². The van der Waals surface area contributed by atoms with Gasteiger partial charge in [0.1, 0.15) is 5.75 Å². The van der Waals surface area contributed by atoms with Gasteiger partial charge in [0.25, 0.3) is 0 Å². The number of methoxy groups -OCH3 is 1. The molecule has 3 rings (SSSR count). The van der Waals surface area contributed by atoms with E-state index in [0.29, 0.717) is 17.1 Å². The lowest BCUT2D eigenvalue weighted by Crippen LogP contribution is -2.03. The summed E-state index contributed by atoms with van der Waals surface area (Å²) in [7, 11) is 1.59. The average molecular weight is 298 g/mol. The molecule has 0 unspecified atom stereocenters. The Morgan fingerprint density at radius 1 is 1.29 bits per heavy atom. The van der Waals surface area contributed by atoms with E-state index in [1.54, 1.807) is 25.4 Å². The standard InChI is InChI=1S/C16H14N2O2S/c1-20-14-7-4-5-12(9-14)15(19)11-21-16-17-10-13-6-2-3-8-18(13)16/h2-10H,11H2,1H3. The Balaban J connectivity index is 1.73. The molecule has 0 aliphatic rings. The summed E-state index contributed by atoms with van der Waals surface area (Å²) in [5.41, 5.74) is 1.68. The molecule has 2 heterocycles. The number of nitrogens with zero attached hydrogens (tertiary/aromatic N) is 2. The number of ketones is 1. The zero-order valence-electron chi connectivity index (χ0n) is 11.5. The number of benzene rings is 1. The van der Waals surface area contributed by atoms with E-state index >= 15 is 0 Å². The van der Waals surface area contributed by atoms with Crippen LogP contribution in [-0.2, 0) is 0 Å². The molecule has 0 fully saturated rings. The van der Waals surface area contributed by atoms with Crippen molar-refractivity contribution in [2.24, 2.45) is 0 Å². The fourth-order valence-corrected chi connectivity index (χ4v) is 2.90. The maximum Gasteiger partial charge on any atom is 0.173 e.